The molecule has 0 spiro atoms. The number of methoxy groups -OCH3 is 1. The normalized spacial score (nSPS) is 11.9. The monoisotopic (exact) mass is 280 g/mol. The zero-order valence-electron chi connectivity index (χ0n) is 12.5. The van der Waals surface area contributed by atoms with Crippen molar-refractivity contribution >= 4 is 0 Å². The lowest BCUT2D eigenvalue weighted by atomic mass is 10.0. The van der Waals surface area contributed by atoms with E-state index in [1.165, 1.54) is 5.56 Å². The molecule has 1 atom stereocenters. The summed E-state index contributed by atoms with van der Waals surface area (Å²) in [4.78, 5) is 2.15. The molecule has 3 nitrogen and oxygen atoms in total. The largest absolute Gasteiger partial charge is 0.496 e. The zero-order chi connectivity index (χ0) is 15.1. The van der Waals surface area contributed by atoms with Crippen LogP contribution in [0, 0.1) is 11.3 Å². The Morgan fingerprint density at radius 2 is 1.76 bits per heavy atom. The summed E-state index contributed by atoms with van der Waals surface area (Å²) in [6.45, 7) is 3.61. The molecular weight excluding hydrogens is 260 g/mol. The first-order valence-electron chi connectivity index (χ1n) is 7.10. The van der Waals surface area contributed by atoms with Crippen LogP contribution < -0.4 is 4.74 Å². The molecule has 1 unspecified atom stereocenters. The number of ether oxygens (including phenoxy) is 1. The van der Waals surface area contributed by atoms with Crippen molar-refractivity contribution in [2.75, 3.05) is 13.7 Å². The van der Waals surface area contributed by atoms with Crippen LogP contribution in [0.4, 0.5) is 0 Å². The molecule has 3 heteroatoms. The fraction of sp³-hybridized carbons (Fsp3) is 0.278. The standard InChI is InChI=1S/C18H20N2O/c1-3-20(14-15-9-5-4-6-10-15)17(13-19)16-11-7-8-12-18(16)21-2/h4-12,17H,3,14H2,1-2H3. The predicted octanol–water partition coefficient (Wildman–Crippen LogP) is 3.78. The topological polar surface area (TPSA) is 36.3 Å². The molecule has 0 heterocycles. The summed E-state index contributed by atoms with van der Waals surface area (Å²) in [5.41, 5.74) is 2.12. The third-order valence-corrected chi connectivity index (χ3v) is 3.56. The van der Waals surface area contributed by atoms with Crippen molar-refractivity contribution in [2.24, 2.45) is 0 Å². The minimum atomic E-state index is -0.314. The molecule has 0 aliphatic carbocycles. The van der Waals surface area contributed by atoms with Crippen molar-refractivity contribution in [1.29, 1.82) is 5.26 Å². The number of hydrogen-bond donors (Lipinski definition) is 0. The van der Waals surface area contributed by atoms with Crippen LogP contribution in [-0.4, -0.2) is 18.6 Å². The maximum atomic E-state index is 9.63. The van der Waals surface area contributed by atoms with Gasteiger partial charge in [0.25, 0.3) is 0 Å². The molecule has 0 amide bonds. The van der Waals surface area contributed by atoms with Gasteiger partial charge in [0.15, 0.2) is 0 Å². The highest BCUT2D eigenvalue weighted by atomic mass is 16.5. The second-order valence-corrected chi connectivity index (χ2v) is 4.82. The van der Waals surface area contributed by atoms with Crippen LogP contribution in [0.1, 0.15) is 24.1 Å². The smallest absolute Gasteiger partial charge is 0.127 e. The van der Waals surface area contributed by atoms with Crippen LogP contribution in [0.15, 0.2) is 54.6 Å². The minimum Gasteiger partial charge on any atom is -0.496 e. The van der Waals surface area contributed by atoms with Gasteiger partial charge in [0.05, 0.1) is 13.2 Å². The van der Waals surface area contributed by atoms with Gasteiger partial charge < -0.3 is 4.74 Å². The van der Waals surface area contributed by atoms with Crippen LogP contribution in [-0.2, 0) is 6.54 Å². The maximum absolute atomic E-state index is 9.63. The molecule has 0 radical (unpaired) electrons. The molecule has 2 aromatic rings. The van der Waals surface area contributed by atoms with Gasteiger partial charge in [0.1, 0.15) is 11.8 Å². The van der Waals surface area contributed by atoms with E-state index in [1.54, 1.807) is 7.11 Å². The number of nitrogens with zero attached hydrogens (tertiary/aromatic N) is 2. The lowest BCUT2D eigenvalue weighted by Gasteiger charge is -2.27. The Morgan fingerprint density at radius 1 is 1.10 bits per heavy atom. The molecule has 108 valence electrons. The van der Waals surface area contributed by atoms with E-state index in [0.717, 1.165) is 24.4 Å². The Kier molecular flexibility index (Phi) is 5.36. The third-order valence-electron chi connectivity index (χ3n) is 3.56. The molecule has 0 bridgehead atoms. The predicted molar refractivity (Wildman–Crippen MR) is 83.9 cm³/mol. The average molecular weight is 280 g/mol. The van der Waals surface area contributed by atoms with Crippen molar-refractivity contribution in [2.45, 2.75) is 19.5 Å². The molecular formula is C18H20N2O. The quantitative estimate of drug-likeness (QED) is 0.808. The van der Waals surface area contributed by atoms with Gasteiger partial charge >= 0.3 is 0 Å². The highest BCUT2D eigenvalue weighted by Crippen LogP contribution is 2.29. The first-order chi connectivity index (χ1) is 10.3. The van der Waals surface area contributed by atoms with E-state index >= 15 is 0 Å². The first-order valence-corrected chi connectivity index (χ1v) is 7.10. The molecule has 0 N–H and O–H groups in total. The van der Waals surface area contributed by atoms with Crippen molar-refractivity contribution in [3.05, 3.63) is 65.7 Å². The summed E-state index contributed by atoms with van der Waals surface area (Å²) in [5.74, 6) is 0.760. The molecule has 2 aromatic carbocycles. The summed E-state index contributed by atoms with van der Waals surface area (Å²) in [5, 5.41) is 9.63. The van der Waals surface area contributed by atoms with Gasteiger partial charge in [-0.3, -0.25) is 4.90 Å². The Balaban J connectivity index is 2.28. The SMILES string of the molecule is CCN(Cc1ccccc1)C(C#N)c1ccccc1OC. The first kappa shape index (κ1) is 15.1. The second kappa shape index (κ2) is 7.47. The fourth-order valence-electron chi connectivity index (χ4n) is 2.44. The van der Waals surface area contributed by atoms with E-state index in [1.807, 2.05) is 42.5 Å². The van der Waals surface area contributed by atoms with Crippen LogP contribution >= 0.6 is 0 Å². The Labute approximate surface area is 126 Å². The summed E-state index contributed by atoms with van der Waals surface area (Å²) < 4.78 is 5.40. The Hall–Kier alpha value is -2.31. The maximum Gasteiger partial charge on any atom is 0.127 e. The van der Waals surface area contributed by atoms with Crippen molar-refractivity contribution in [3.63, 3.8) is 0 Å². The molecule has 0 saturated carbocycles. The number of nitriles is 1. The van der Waals surface area contributed by atoms with Gasteiger partial charge in [0, 0.05) is 12.1 Å². The van der Waals surface area contributed by atoms with Crippen LogP contribution in [0.2, 0.25) is 0 Å². The zero-order valence-corrected chi connectivity index (χ0v) is 12.5. The van der Waals surface area contributed by atoms with Crippen LogP contribution in [0.3, 0.4) is 0 Å². The van der Waals surface area contributed by atoms with Crippen molar-refractivity contribution < 1.29 is 4.74 Å². The lowest BCUT2D eigenvalue weighted by Crippen LogP contribution is -2.27. The molecule has 21 heavy (non-hydrogen) atoms. The summed E-state index contributed by atoms with van der Waals surface area (Å²) in [6.07, 6.45) is 0. The highest BCUT2D eigenvalue weighted by Gasteiger charge is 2.22. The molecule has 0 aliphatic rings. The Bertz CT molecular complexity index is 604. The van der Waals surface area contributed by atoms with E-state index in [9.17, 15) is 5.26 Å². The second-order valence-electron chi connectivity index (χ2n) is 4.82. The van der Waals surface area contributed by atoms with Gasteiger partial charge in [0.2, 0.25) is 0 Å². The number of rotatable bonds is 6. The van der Waals surface area contributed by atoms with Gasteiger partial charge in [-0.25, -0.2) is 0 Å². The number of benzene rings is 2. The van der Waals surface area contributed by atoms with Crippen molar-refractivity contribution in [3.8, 4) is 11.8 Å². The lowest BCUT2D eigenvalue weighted by molar-refractivity contribution is 0.235. The Morgan fingerprint density at radius 3 is 2.38 bits per heavy atom. The third kappa shape index (κ3) is 3.62. The molecule has 2 rings (SSSR count). The van der Waals surface area contributed by atoms with E-state index in [0.29, 0.717) is 0 Å². The fourth-order valence-corrected chi connectivity index (χ4v) is 2.44. The van der Waals surface area contributed by atoms with E-state index in [4.69, 9.17) is 4.74 Å². The summed E-state index contributed by atoms with van der Waals surface area (Å²) in [6, 6.07) is 20.0. The number of para-hydroxylation sites is 1. The summed E-state index contributed by atoms with van der Waals surface area (Å²) in [7, 11) is 1.64. The van der Waals surface area contributed by atoms with E-state index in [2.05, 4.69) is 30.0 Å². The van der Waals surface area contributed by atoms with E-state index in [-0.39, 0.29) is 6.04 Å². The van der Waals surface area contributed by atoms with Crippen LogP contribution in [0.25, 0.3) is 0 Å². The van der Waals surface area contributed by atoms with Gasteiger partial charge in [-0.15, -0.1) is 0 Å². The van der Waals surface area contributed by atoms with E-state index < -0.39 is 0 Å². The molecule has 0 aromatic heterocycles. The van der Waals surface area contributed by atoms with Gasteiger partial charge in [-0.1, -0.05) is 55.5 Å². The molecule has 0 fully saturated rings. The minimum absolute atomic E-state index is 0.314. The molecule has 0 saturated heterocycles. The highest BCUT2D eigenvalue weighted by molar-refractivity contribution is 5.38. The average Bonchev–Trinajstić information content (AvgIpc) is 2.56. The molecule has 0 aliphatic heterocycles. The number of hydrogen-bond acceptors (Lipinski definition) is 3. The van der Waals surface area contributed by atoms with Gasteiger partial charge in [-0.05, 0) is 18.2 Å². The van der Waals surface area contributed by atoms with Crippen molar-refractivity contribution in [1.82, 2.24) is 4.90 Å². The van der Waals surface area contributed by atoms with Crippen LogP contribution in [0.5, 0.6) is 5.75 Å². The summed E-state index contributed by atoms with van der Waals surface area (Å²) >= 11 is 0. The van der Waals surface area contributed by atoms with Gasteiger partial charge in [-0.2, -0.15) is 5.26 Å².